The maximum Gasteiger partial charge on any atom is 0.244 e. The van der Waals surface area contributed by atoms with Crippen molar-refractivity contribution in [2.24, 2.45) is 4.99 Å². The number of rotatable bonds is 7. The minimum Gasteiger partial charge on any atom is -0.353 e. The number of hydrogen-bond acceptors (Lipinski definition) is 2. The Morgan fingerprint density at radius 3 is 1.66 bits per heavy atom. The molecule has 0 aromatic heterocycles. The molecule has 1 aliphatic heterocycles. The van der Waals surface area contributed by atoms with Crippen molar-refractivity contribution in [3.8, 4) is 0 Å². The van der Waals surface area contributed by atoms with Gasteiger partial charge in [0.25, 0.3) is 0 Å². The first-order chi connectivity index (χ1) is 23.2. The third-order valence-corrected chi connectivity index (χ3v) is 10.6. The highest BCUT2D eigenvalue weighted by Gasteiger charge is 2.42. The van der Waals surface area contributed by atoms with Crippen LogP contribution < -0.4 is 10.6 Å². The van der Waals surface area contributed by atoms with Crippen molar-refractivity contribution >= 4 is 11.9 Å². The van der Waals surface area contributed by atoms with Gasteiger partial charge in [0.05, 0.1) is 6.04 Å². The Kier molecular flexibility index (Phi) is 9.69. The lowest BCUT2D eigenvalue weighted by Gasteiger charge is -2.43. The number of fused-ring (bicyclic) bond motifs is 1. The summed E-state index contributed by atoms with van der Waals surface area (Å²) in [5.74, 6) is 0.932. The van der Waals surface area contributed by atoms with Gasteiger partial charge in [0.15, 0.2) is 5.96 Å². The normalized spacial score (nSPS) is 19.5. The van der Waals surface area contributed by atoms with Gasteiger partial charge in [0, 0.05) is 19.0 Å². The molecule has 2 fully saturated rings. The van der Waals surface area contributed by atoms with Crippen LogP contribution in [0.5, 0.6) is 0 Å². The quantitative estimate of drug-likeness (QED) is 0.124. The minimum atomic E-state index is -0.874. The van der Waals surface area contributed by atoms with Crippen molar-refractivity contribution in [2.75, 3.05) is 0 Å². The summed E-state index contributed by atoms with van der Waals surface area (Å²) in [7, 11) is 0. The molecule has 2 N–H and O–H groups in total. The molecule has 2 saturated carbocycles. The van der Waals surface area contributed by atoms with Crippen LogP contribution in [0, 0.1) is 0 Å². The number of nitrogens with one attached hydrogen (secondary N) is 2. The van der Waals surface area contributed by atoms with Crippen LogP contribution in [0.3, 0.4) is 0 Å². The Bertz CT molecular complexity index is 1530. The summed E-state index contributed by atoms with van der Waals surface area (Å²) in [5, 5.41) is 7.65. The second-order valence-corrected chi connectivity index (χ2v) is 13.7. The number of guanidine groups is 1. The van der Waals surface area contributed by atoms with Crippen LogP contribution in [-0.2, 0) is 23.3 Å². The summed E-state index contributed by atoms with van der Waals surface area (Å²) in [6, 6.07) is 40.2. The molecule has 242 valence electrons. The highest BCUT2D eigenvalue weighted by atomic mass is 16.2. The number of carbonyl (C=O) groups is 1. The number of benzene rings is 4. The molecule has 1 amide bonds. The zero-order valence-corrected chi connectivity index (χ0v) is 27.5. The molecule has 47 heavy (non-hydrogen) atoms. The van der Waals surface area contributed by atoms with Crippen LogP contribution in [0.4, 0.5) is 0 Å². The SMILES string of the molecule is O=C(NC(c1ccccc1)(c1ccccc1)c1ccccc1)C1Cc2ccccc2CN1C(=NC1CCCCC1)NC1CCCCC1. The summed E-state index contributed by atoms with van der Waals surface area (Å²) < 4.78 is 0. The van der Waals surface area contributed by atoms with Crippen LogP contribution in [0.25, 0.3) is 0 Å². The fraction of sp³-hybridized carbons (Fsp3) is 0.381. The van der Waals surface area contributed by atoms with E-state index in [2.05, 4.69) is 113 Å². The number of aliphatic imine (C=N–C) groups is 1. The minimum absolute atomic E-state index is 0.0119. The van der Waals surface area contributed by atoms with Crippen molar-refractivity contribution in [2.45, 2.75) is 101 Å². The van der Waals surface area contributed by atoms with Gasteiger partial charge >= 0.3 is 0 Å². The Morgan fingerprint density at radius 2 is 1.11 bits per heavy atom. The molecule has 2 aliphatic carbocycles. The highest BCUT2D eigenvalue weighted by molar-refractivity contribution is 5.91. The lowest BCUT2D eigenvalue weighted by molar-refractivity contribution is -0.126. The molecule has 4 aromatic rings. The van der Waals surface area contributed by atoms with Crippen molar-refractivity contribution in [1.29, 1.82) is 0 Å². The number of amides is 1. The molecule has 3 aliphatic rings. The summed E-state index contributed by atoms with van der Waals surface area (Å²) in [4.78, 5) is 23.0. The first-order valence-electron chi connectivity index (χ1n) is 17.9. The molecule has 5 nitrogen and oxygen atoms in total. The molecule has 7 rings (SSSR count). The Balaban J connectivity index is 1.32. The van der Waals surface area contributed by atoms with Crippen molar-refractivity contribution in [1.82, 2.24) is 15.5 Å². The van der Waals surface area contributed by atoms with Crippen LogP contribution in [-0.4, -0.2) is 34.9 Å². The second-order valence-electron chi connectivity index (χ2n) is 13.7. The first-order valence-corrected chi connectivity index (χ1v) is 17.9. The Morgan fingerprint density at radius 1 is 0.617 bits per heavy atom. The summed E-state index contributed by atoms with van der Waals surface area (Å²) in [6.07, 6.45) is 12.7. The van der Waals surface area contributed by atoms with Gasteiger partial charge in [-0.2, -0.15) is 0 Å². The van der Waals surface area contributed by atoms with Crippen LogP contribution in [0.2, 0.25) is 0 Å². The molecular weight excluding hydrogens is 576 g/mol. The maximum atomic E-state index is 15.2. The predicted octanol–water partition coefficient (Wildman–Crippen LogP) is 8.13. The molecule has 0 bridgehead atoms. The smallest absolute Gasteiger partial charge is 0.244 e. The van der Waals surface area contributed by atoms with Crippen molar-refractivity contribution < 1.29 is 4.79 Å². The van der Waals surface area contributed by atoms with Gasteiger partial charge in [0.2, 0.25) is 5.91 Å². The predicted molar refractivity (Wildman–Crippen MR) is 191 cm³/mol. The van der Waals surface area contributed by atoms with Gasteiger partial charge < -0.3 is 15.5 Å². The van der Waals surface area contributed by atoms with Crippen LogP contribution in [0.15, 0.2) is 120 Å². The van der Waals surface area contributed by atoms with Gasteiger partial charge in [-0.05, 0) is 53.5 Å². The molecule has 0 spiro atoms. The van der Waals surface area contributed by atoms with Gasteiger partial charge in [0.1, 0.15) is 11.6 Å². The average molecular weight is 625 g/mol. The fourth-order valence-electron chi connectivity index (χ4n) is 8.04. The lowest BCUT2D eigenvalue weighted by Crippen LogP contribution is -2.60. The Labute approximate surface area is 280 Å². The summed E-state index contributed by atoms with van der Waals surface area (Å²) >= 11 is 0. The van der Waals surface area contributed by atoms with Crippen molar-refractivity contribution in [3.05, 3.63) is 143 Å². The summed E-state index contributed by atoms with van der Waals surface area (Å²) in [5.41, 5.74) is 4.74. The highest BCUT2D eigenvalue weighted by Crippen LogP contribution is 2.38. The van der Waals surface area contributed by atoms with E-state index >= 15 is 4.79 Å². The Hall–Kier alpha value is -4.38. The molecule has 4 aromatic carbocycles. The van der Waals surface area contributed by atoms with E-state index < -0.39 is 11.6 Å². The molecule has 1 unspecified atom stereocenters. The zero-order chi connectivity index (χ0) is 31.9. The fourth-order valence-corrected chi connectivity index (χ4v) is 8.04. The molecule has 0 saturated heterocycles. The van der Waals surface area contributed by atoms with E-state index in [0.29, 0.717) is 25.0 Å². The average Bonchev–Trinajstić information content (AvgIpc) is 3.15. The monoisotopic (exact) mass is 624 g/mol. The van der Waals surface area contributed by atoms with E-state index in [9.17, 15) is 0 Å². The number of carbonyl (C=O) groups excluding carboxylic acids is 1. The number of nitrogens with zero attached hydrogens (tertiary/aromatic N) is 2. The molecular formula is C42H48N4O. The molecule has 1 heterocycles. The number of hydrogen-bond donors (Lipinski definition) is 2. The van der Waals surface area contributed by atoms with E-state index in [-0.39, 0.29) is 5.91 Å². The topological polar surface area (TPSA) is 56.7 Å². The molecule has 1 atom stereocenters. The maximum absolute atomic E-state index is 15.2. The lowest BCUT2D eigenvalue weighted by atomic mass is 9.76. The zero-order valence-electron chi connectivity index (χ0n) is 27.5. The van der Waals surface area contributed by atoms with E-state index in [1.165, 1.54) is 49.7 Å². The second kappa shape index (κ2) is 14.6. The van der Waals surface area contributed by atoms with E-state index in [1.54, 1.807) is 0 Å². The largest absolute Gasteiger partial charge is 0.353 e. The van der Waals surface area contributed by atoms with Crippen molar-refractivity contribution in [3.63, 3.8) is 0 Å². The third kappa shape index (κ3) is 6.86. The van der Waals surface area contributed by atoms with E-state index in [0.717, 1.165) is 48.3 Å². The van der Waals surface area contributed by atoms with Gasteiger partial charge in [-0.15, -0.1) is 0 Å². The molecule has 0 radical (unpaired) electrons. The first kappa shape index (κ1) is 31.2. The van der Waals surface area contributed by atoms with Gasteiger partial charge in [-0.25, -0.2) is 4.99 Å². The van der Waals surface area contributed by atoms with E-state index in [1.807, 2.05) is 18.2 Å². The summed E-state index contributed by atoms with van der Waals surface area (Å²) in [6.45, 7) is 0.661. The molecule has 5 heteroatoms. The van der Waals surface area contributed by atoms with E-state index in [4.69, 9.17) is 4.99 Å². The van der Waals surface area contributed by atoms with Crippen LogP contribution in [0.1, 0.15) is 92.0 Å². The standard InChI is InChI=1S/C42H48N4O/c47-40(45-42(34-20-6-1-7-21-34,35-22-8-2-9-23-35)36-24-10-3-11-25-36)39-30-32-18-16-17-19-33(32)31-46(39)41(43-37-26-12-4-13-27-37)44-38-28-14-5-15-29-38/h1-3,6-11,16-25,37-39H,4-5,12-15,26-31H2,(H,43,44)(H,45,47). The van der Waals surface area contributed by atoms with Gasteiger partial charge in [-0.3, -0.25) is 4.79 Å². The third-order valence-electron chi connectivity index (χ3n) is 10.6. The van der Waals surface area contributed by atoms with Crippen LogP contribution >= 0.6 is 0 Å². The van der Waals surface area contributed by atoms with Gasteiger partial charge in [-0.1, -0.05) is 154 Å².